The molecule has 2 aliphatic heterocycles. The maximum atomic E-state index is 12.7. The summed E-state index contributed by atoms with van der Waals surface area (Å²) in [4.78, 5) is 17.0. The standard InChI is InChI=1S/C17H24N2O3/c1-3-19-8-6-14(7-9-19)18(2)17(20)13-4-5-15-16(12-13)22-11-10-21-15/h4-5,12,14H,3,6-11H2,1-2H3. The van der Waals surface area contributed by atoms with Gasteiger partial charge in [-0.05, 0) is 37.6 Å². The van der Waals surface area contributed by atoms with Gasteiger partial charge in [-0.3, -0.25) is 4.79 Å². The first-order valence-corrected chi connectivity index (χ1v) is 8.08. The molecule has 5 heteroatoms. The Morgan fingerprint density at radius 3 is 2.59 bits per heavy atom. The van der Waals surface area contributed by atoms with Gasteiger partial charge in [-0.1, -0.05) is 6.92 Å². The second-order valence-electron chi connectivity index (χ2n) is 5.94. The number of rotatable bonds is 3. The molecule has 5 nitrogen and oxygen atoms in total. The Bertz CT molecular complexity index is 539. The third-order valence-corrected chi connectivity index (χ3v) is 4.66. The molecule has 2 heterocycles. The monoisotopic (exact) mass is 304 g/mol. The number of nitrogens with zero attached hydrogens (tertiary/aromatic N) is 2. The number of carbonyl (C=O) groups is 1. The highest BCUT2D eigenvalue weighted by Gasteiger charge is 2.26. The summed E-state index contributed by atoms with van der Waals surface area (Å²) in [5, 5.41) is 0. The number of amides is 1. The Morgan fingerprint density at radius 1 is 1.23 bits per heavy atom. The summed E-state index contributed by atoms with van der Waals surface area (Å²) in [5.41, 5.74) is 0.671. The predicted molar refractivity (Wildman–Crippen MR) is 84.7 cm³/mol. The van der Waals surface area contributed by atoms with Gasteiger partial charge in [0.2, 0.25) is 0 Å². The van der Waals surface area contributed by atoms with Crippen LogP contribution in [0, 0.1) is 0 Å². The minimum absolute atomic E-state index is 0.0620. The third-order valence-electron chi connectivity index (χ3n) is 4.66. The fourth-order valence-electron chi connectivity index (χ4n) is 3.17. The summed E-state index contributed by atoms with van der Waals surface area (Å²) in [6, 6.07) is 5.78. The van der Waals surface area contributed by atoms with E-state index >= 15 is 0 Å². The van der Waals surface area contributed by atoms with Crippen molar-refractivity contribution in [1.29, 1.82) is 0 Å². The second-order valence-corrected chi connectivity index (χ2v) is 5.94. The van der Waals surface area contributed by atoms with Crippen LogP contribution in [0.4, 0.5) is 0 Å². The maximum Gasteiger partial charge on any atom is 0.253 e. The lowest BCUT2D eigenvalue weighted by atomic mass is 10.0. The van der Waals surface area contributed by atoms with E-state index in [1.807, 2.05) is 24.1 Å². The van der Waals surface area contributed by atoms with Crippen molar-refractivity contribution in [1.82, 2.24) is 9.80 Å². The van der Waals surface area contributed by atoms with Crippen molar-refractivity contribution < 1.29 is 14.3 Å². The second kappa shape index (κ2) is 6.57. The van der Waals surface area contributed by atoms with Crippen molar-refractivity contribution in [3.63, 3.8) is 0 Å². The Kier molecular flexibility index (Phi) is 4.52. The molecule has 0 radical (unpaired) electrons. The quantitative estimate of drug-likeness (QED) is 0.857. The van der Waals surface area contributed by atoms with Gasteiger partial charge >= 0.3 is 0 Å². The molecule has 3 rings (SSSR count). The number of benzene rings is 1. The molecule has 0 unspecified atom stereocenters. The number of likely N-dealkylation sites (tertiary alicyclic amines) is 1. The van der Waals surface area contributed by atoms with Crippen molar-refractivity contribution in [2.75, 3.05) is 39.9 Å². The van der Waals surface area contributed by atoms with Crippen LogP contribution >= 0.6 is 0 Å². The van der Waals surface area contributed by atoms with Crippen molar-refractivity contribution in [2.24, 2.45) is 0 Å². The van der Waals surface area contributed by atoms with E-state index in [1.165, 1.54) is 0 Å². The lowest BCUT2D eigenvalue weighted by Gasteiger charge is -2.36. The zero-order chi connectivity index (χ0) is 15.5. The van der Waals surface area contributed by atoms with E-state index in [2.05, 4.69) is 11.8 Å². The summed E-state index contributed by atoms with van der Waals surface area (Å²) < 4.78 is 11.1. The lowest BCUT2D eigenvalue weighted by Crippen LogP contribution is -2.45. The van der Waals surface area contributed by atoms with E-state index in [0.29, 0.717) is 30.6 Å². The first-order chi connectivity index (χ1) is 10.7. The molecule has 0 bridgehead atoms. The molecule has 1 fully saturated rings. The highest BCUT2D eigenvalue weighted by molar-refractivity contribution is 5.95. The summed E-state index contributed by atoms with van der Waals surface area (Å²) in [6.07, 6.45) is 2.08. The largest absolute Gasteiger partial charge is 0.486 e. The van der Waals surface area contributed by atoms with E-state index in [0.717, 1.165) is 38.2 Å². The minimum Gasteiger partial charge on any atom is -0.486 e. The average molecular weight is 304 g/mol. The van der Waals surface area contributed by atoms with Gasteiger partial charge in [0.1, 0.15) is 13.2 Å². The topological polar surface area (TPSA) is 42.0 Å². The zero-order valence-electron chi connectivity index (χ0n) is 13.4. The Balaban J connectivity index is 1.68. The first kappa shape index (κ1) is 15.2. The first-order valence-electron chi connectivity index (χ1n) is 8.08. The van der Waals surface area contributed by atoms with Gasteiger partial charge in [-0.25, -0.2) is 0 Å². The molecule has 0 N–H and O–H groups in total. The zero-order valence-corrected chi connectivity index (χ0v) is 13.4. The number of hydrogen-bond donors (Lipinski definition) is 0. The molecular weight excluding hydrogens is 280 g/mol. The fourth-order valence-corrected chi connectivity index (χ4v) is 3.17. The maximum absolute atomic E-state index is 12.7. The number of carbonyl (C=O) groups excluding carboxylic acids is 1. The summed E-state index contributed by atoms with van der Waals surface area (Å²) in [5.74, 6) is 1.46. The van der Waals surface area contributed by atoms with Gasteiger partial charge in [0.15, 0.2) is 11.5 Å². The molecule has 0 spiro atoms. The van der Waals surface area contributed by atoms with Crippen LogP contribution in [-0.4, -0.2) is 61.6 Å². The number of piperidine rings is 1. The number of fused-ring (bicyclic) bond motifs is 1. The van der Waals surface area contributed by atoms with E-state index < -0.39 is 0 Å². The molecule has 0 saturated carbocycles. The number of hydrogen-bond acceptors (Lipinski definition) is 4. The summed E-state index contributed by atoms with van der Waals surface area (Å²) in [7, 11) is 1.91. The molecule has 1 aromatic rings. The van der Waals surface area contributed by atoms with Crippen LogP contribution in [0.25, 0.3) is 0 Å². The molecule has 0 aromatic heterocycles. The third kappa shape index (κ3) is 3.04. The van der Waals surface area contributed by atoms with E-state index in [4.69, 9.17) is 9.47 Å². The van der Waals surface area contributed by atoms with Crippen LogP contribution < -0.4 is 9.47 Å². The van der Waals surface area contributed by atoms with Gasteiger partial charge in [0.25, 0.3) is 5.91 Å². The predicted octanol–water partition coefficient (Wildman–Crippen LogP) is 2.01. The van der Waals surface area contributed by atoms with Crippen molar-refractivity contribution in [3.05, 3.63) is 23.8 Å². The SMILES string of the molecule is CCN1CCC(N(C)C(=O)c2ccc3c(c2)OCCO3)CC1. The van der Waals surface area contributed by atoms with E-state index in [9.17, 15) is 4.79 Å². The minimum atomic E-state index is 0.0620. The molecule has 120 valence electrons. The van der Waals surface area contributed by atoms with Gasteiger partial charge in [-0.2, -0.15) is 0 Å². The Hall–Kier alpha value is -1.75. The molecule has 0 aliphatic carbocycles. The normalized spacial score (nSPS) is 19.0. The fraction of sp³-hybridized carbons (Fsp3) is 0.588. The molecule has 1 aromatic carbocycles. The molecule has 1 saturated heterocycles. The van der Waals surface area contributed by atoms with Gasteiger partial charge < -0.3 is 19.3 Å². The van der Waals surface area contributed by atoms with Crippen molar-refractivity contribution in [2.45, 2.75) is 25.8 Å². The van der Waals surface area contributed by atoms with Crippen LogP contribution in [0.5, 0.6) is 11.5 Å². The highest BCUT2D eigenvalue weighted by atomic mass is 16.6. The van der Waals surface area contributed by atoms with Gasteiger partial charge in [0.05, 0.1) is 0 Å². The van der Waals surface area contributed by atoms with Crippen LogP contribution in [0.2, 0.25) is 0 Å². The average Bonchev–Trinajstić information content (AvgIpc) is 2.60. The molecule has 2 aliphatic rings. The van der Waals surface area contributed by atoms with Crippen molar-refractivity contribution >= 4 is 5.91 Å². The lowest BCUT2D eigenvalue weighted by molar-refractivity contribution is 0.0646. The summed E-state index contributed by atoms with van der Waals surface area (Å²) >= 11 is 0. The molecular formula is C17H24N2O3. The van der Waals surface area contributed by atoms with E-state index in [-0.39, 0.29) is 5.91 Å². The van der Waals surface area contributed by atoms with Crippen LogP contribution in [0.1, 0.15) is 30.1 Å². The molecule has 22 heavy (non-hydrogen) atoms. The van der Waals surface area contributed by atoms with Gasteiger partial charge in [-0.15, -0.1) is 0 Å². The Morgan fingerprint density at radius 2 is 1.91 bits per heavy atom. The van der Waals surface area contributed by atoms with Crippen molar-refractivity contribution in [3.8, 4) is 11.5 Å². The molecule has 1 amide bonds. The van der Waals surface area contributed by atoms with Crippen LogP contribution in [0.15, 0.2) is 18.2 Å². The van der Waals surface area contributed by atoms with Crippen LogP contribution in [0.3, 0.4) is 0 Å². The van der Waals surface area contributed by atoms with E-state index in [1.54, 1.807) is 6.07 Å². The van der Waals surface area contributed by atoms with Gasteiger partial charge in [0, 0.05) is 31.7 Å². The molecule has 0 atom stereocenters. The Labute approximate surface area is 131 Å². The summed E-state index contributed by atoms with van der Waals surface area (Å²) in [6.45, 7) is 6.52. The highest BCUT2D eigenvalue weighted by Crippen LogP contribution is 2.31. The van der Waals surface area contributed by atoms with Crippen LogP contribution in [-0.2, 0) is 0 Å². The number of ether oxygens (including phenoxy) is 2. The smallest absolute Gasteiger partial charge is 0.253 e.